The minimum Gasteiger partial charge on any atom is -0.364 e. The summed E-state index contributed by atoms with van der Waals surface area (Å²) in [6, 6.07) is 0. The number of hydrogen-bond acceptors (Lipinski definition) is 4. The number of hydrogen-bond donors (Lipinski definition) is 3. The van der Waals surface area contributed by atoms with Crippen LogP contribution in [0, 0.1) is 0 Å². The smallest absolute Gasteiger partial charge is 0.364 e. The molecule has 1 aromatic rings. The zero-order valence-electron chi connectivity index (χ0n) is 7.75. The number of nitrogens with one attached hydrogen (secondary N) is 2. The van der Waals surface area contributed by atoms with Crippen molar-refractivity contribution in [2.24, 2.45) is 16.1 Å². The summed E-state index contributed by atoms with van der Waals surface area (Å²) in [6.07, 6.45) is -3.29. The molecule has 0 aliphatic heterocycles. The maximum absolute atomic E-state index is 11.7. The van der Waals surface area contributed by atoms with Crippen LogP contribution >= 0.6 is 0 Å². The molecule has 1 heterocycles. The lowest BCUT2D eigenvalue weighted by Gasteiger charge is -1.99. The number of imidazole rings is 1. The van der Waals surface area contributed by atoms with Crippen molar-refractivity contribution < 1.29 is 18.0 Å². The highest BCUT2D eigenvalue weighted by Gasteiger charge is 2.26. The van der Waals surface area contributed by atoms with E-state index in [9.17, 15) is 18.0 Å². The molecule has 4 N–H and O–H groups in total. The zero-order chi connectivity index (χ0) is 12.2. The summed E-state index contributed by atoms with van der Waals surface area (Å²) in [5, 5.41) is 5.81. The Morgan fingerprint density at radius 3 is 2.88 bits per heavy atom. The number of carbonyl (C=O) groups excluding carboxylic acids is 1. The van der Waals surface area contributed by atoms with Crippen molar-refractivity contribution in [3.05, 3.63) is 12.0 Å². The molecular weight excluding hydrogens is 229 g/mol. The van der Waals surface area contributed by atoms with Gasteiger partial charge in [-0.15, -0.1) is 0 Å². The molecule has 1 aromatic heterocycles. The average molecular weight is 236 g/mol. The van der Waals surface area contributed by atoms with E-state index in [-0.39, 0.29) is 11.5 Å². The predicted octanol–water partition coefficient (Wildman–Crippen LogP) is 0.850. The second-order valence-corrected chi connectivity index (χ2v) is 2.62. The Bertz CT molecular complexity index is 397. The lowest BCUT2D eigenvalue weighted by molar-refractivity contribution is -0.119. The van der Waals surface area contributed by atoms with E-state index in [4.69, 9.17) is 5.73 Å². The van der Waals surface area contributed by atoms with Gasteiger partial charge in [0.1, 0.15) is 5.69 Å². The van der Waals surface area contributed by atoms with Crippen molar-refractivity contribution in [3.63, 3.8) is 0 Å². The molecule has 0 aromatic carbocycles. The van der Waals surface area contributed by atoms with E-state index in [1.54, 1.807) is 0 Å². The largest absolute Gasteiger partial charge is 0.409 e. The molecule has 0 saturated heterocycles. The lowest BCUT2D eigenvalue weighted by Crippen LogP contribution is -2.14. The molecule has 1 rings (SSSR count). The van der Waals surface area contributed by atoms with Crippen LogP contribution in [0.15, 0.2) is 16.7 Å². The van der Waals surface area contributed by atoms with Crippen LogP contribution in [0.25, 0.3) is 0 Å². The summed E-state index contributed by atoms with van der Waals surface area (Å²) >= 11 is 0. The summed E-state index contributed by atoms with van der Waals surface area (Å²) < 4.78 is 35.0. The van der Waals surface area contributed by atoms with Gasteiger partial charge < -0.3 is 10.7 Å². The molecule has 0 fully saturated rings. The molecule has 0 radical (unpaired) electrons. The summed E-state index contributed by atoms with van der Waals surface area (Å²) in [5.41, 5.74) is 6.90. The van der Waals surface area contributed by atoms with Crippen LogP contribution in [-0.4, -0.2) is 28.6 Å². The van der Waals surface area contributed by atoms with Gasteiger partial charge in [0, 0.05) is 0 Å². The number of H-pyrrole nitrogens is 1. The van der Waals surface area contributed by atoms with Crippen LogP contribution in [0.1, 0.15) is 10.5 Å². The first-order valence-corrected chi connectivity index (χ1v) is 3.92. The number of amides is 1. The molecule has 0 atom stereocenters. The van der Waals surface area contributed by atoms with Gasteiger partial charge in [0.25, 0.3) is 5.91 Å². The van der Waals surface area contributed by atoms with Gasteiger partial charge >= 0.3 is 6.18 Å². The Morgan fingerprint density at radius 1 is 1.62 bits per heavy atom. The molecule has 1 amide bonds. The number of aromatic nitrogens is 2. The third kappa shape index (κ3) is 3.55. The van der Waals surface area contributed by atoms with Gasteiger partial charge in [-0.1, -0.05) is 5.22 Å². The van der Waals surface area contributed by atoms with Gasteiger partial charge in [-0.2, -0.15) is 18.3 Å². The van der Waals surface area contributed by atoms with Gasteiger partial charge in [0.15, 0.2) is 12.4 Å². The Labute approximate surface area is 86.9 Å². The number of primary amides is 1. The van der Waals surface area contributed by atoms with E-state index < -0.39 is 18.6 Å². The monoisotopic (exact) mass is 236 g/mol. The fourth-order valence-electron chi connectivity index (χ4n) is 0.765. The standard InChI is InChI=1S/C6H7F3N6O/c7-6(8,9)1-13-15-14-5-3(4(10)16)11-2-12-5/h2H,1H2,(H2,10,16)(H,11,12)(H,13,14). The summed E-state index contributed by atoms with van der Waals surface area (Å²) in [4.78, 5) is 16.7. The average Bonchev–Trinajstić information content (AvgIpc) is 2.58. The molecule has 0 spiro atoms. The van der Waals surface area contributed by atoms with E-state index in [2.05, 4.69) is 25.7 Å². The highest BCUT2D eigenvalue weighted by atomic mass is 19.4. The van der Waals surface area contributed by atoms with Crippen molar-refractivity contribution in [2.45, 2.75) is 6.18 Å². The zero-order valence-corrected chi connectivity index (χ0v) is 7.75. The predicted molar refractivity (Wildman–Crippen MR) is 46.5 cm³/mol. The number of aromatic amines is 1. The molecule has 16 heavy (non-hydrogen) atoms. The van der Waals surface area contributed by atoms with Crippen LogP contribution in [0.4, 0.5) is 19.0 Å². The number of nitrogens with zero attached hydrogens (tertiary/aromatic N) is 3. The van der Waals surface area contributed by atoms with Crippen LogP contribution in [0.2, 0.25) is 0 Å². The fraction of sp³-hybridized carbons (Fsp3) is 0.333. The maximum Gasteiger partial charge on any atom is 0.409 e. The third-order valence-corrected chi connectivity index (χ3v) is 1.36. The fourth-order valence-corrected chi connectivity index (χ4v) is 0.765. The Kier molecular flexibility index (Phi) is 3.43. The SMILES string of the molecule is NC(=O)c1[nH]cnc1NN=NCC(F)(F)F. The van der Waals surface area contributed by atoms with Gasteiger partial charge in [0.05, 0.1) is 6.33 Å². The molecule has 88 valence electrons. The van der Waals surface area contributed by atoms with Crippen LogP contribution in [-0.2, 0) is 0 Å². The summed E-state index contributed by atoms with van der Waals surface area (Å²) in [5.74, 6) is -0.899. The van der Waals surface area contributed by atoms with Crippen molar-refractivity contribution in [1.29, 1.82) is 0 Å². The van der Waals surface area contributed by atoms with Crippen molar-refractivity contribution in [3.8, 4) is 0 Å². The molecule has 0 unspecified atom stereocenters. The van der Waals surface area contributed by atoms with Gasteiger partial charge in [-0.25, -0.2) is 10.4 Å². The second-order valence-electron chi connectivity index (χ2n) is 2.62. The molecular formula is C6H7F3N6O. The molecule has 10 heteroatoms. The Morgan fingerprint density at radius 2 is 2.31 bits per heavy atom. The molecule has 0 saturated carbocycles. The number of halogens is 3. The summed E-state index contributed by atoms with van der Waals surface area (Å²) in [6.45, 7) is -1.42. The van der Waals surface area contributed by atoms with E-state index >= 15 is 0 Å². The van der Waals surface area contributed by atoms with Crippen molar-refractivity contribution in [1.82, 2.24) is 9.97 Å². The number of rotatable bonds is 4. The van der Waals surface area contributed by atoms with Crippen molar-refractivity contribution >= 4 is 11.7 Å². The first-order chi connectivity index (χ1) is 7.40. The van der Waals surface area contributed by atoms with Crippen LogP contribution in [0.3, 0.4) is 0 Å². The first kappa shape index (κ1) is 11.9. The molecule has 0 bridgehead atoms. The molecule has 0 aliphatic rings. The second kappa shape index (κ2) is 4.59. The third-order valence-electron chi connectivity index (χ3n) is 1.36. The Balaban J connectivity index is 2.55. The minimum atomic E-state index is -4.43. The highest BCUT2D eigenvalue weighted by molar-refractivity contribution is 5.95. The van der Waals surface area contributed by atoms with E-state index in [1.165, 1.54) is 0 Å². The minimum absolute atomic E-state index is 0.0848. The number of alkyl halides is 3. The summed E-state index contributed by atoms with van der Waals surface area (Å²) in [7, 11) is 0. The highest BCUT2D eigenvalue weighted by Crippen LogP contribution is 2.14. The number of nitrogens with two attached hydrogens (primary N) is 1. The Hall–Kier alpha value is -2.13. The van der Waals surface area contributed by atoms with E-state index in [0.29, 0.717) is 0 Å². The van der Waals surface area contributed by atoms with Gasteiger partial charge in [-0.05, 0) is 0 Å². The van der Waals surface area contributed by atoms with Gasteiger partial charge in [0.2, 0.25) is 0 Å². The topological polar surface area (TPSA) is 109 Å². The van der Waals surface area contributed by atoms with Gasteiger partial charge in [-0.3, -0.25) is 4.79 Å². The number of anilines is 1. The van der Waals surface area contributed by atoms with Crippen molar-refractivity contribution in [2.75, 3.05) is 12.0 Å². The molecule has 7 nitrogen and oxygen atoms in total. The first-order valence-electron chi connectivity index (χ1n) is 3.92. The quantitative estimate of drug-likeness (QED) is 0.532. The maximum atomic E-state index is 11.7. The normalized spacial score (nSPS) is 11.9. The van der Waals surface area contributed by atoms with Crippen LogP contribution in [0.5, 0.6) is 0 Å². The van der Waals surface area contributed by atoms with Crippen LogP contribution < -0.4 is 11.2 Å². The lowest BCUT2D eigenvalue weighted by atomic mass is 10.4. The van der Waals surface area contributed by atoms with E-state index in [0.717, 1.165) is 6.33 Å². The number of carbonyl (C=O) groups is 1. The molecule has 0 aliphatic carbocycles. The van der Waals surface area contributed by atoms with E-state index in [1.807, 2.05) is 0 Å².